The van der Waals surface area contributed by atoms with E-state index < -0.39 is 0 Å². The van der Waals surface area contributed by atoms with Crippen LogP contribution in [-0.4, -0.2) is 30.3 Å². The lowest BCUT2D eigenvalue weighted by Crippen LogP contribution is -2.34. The van der Waals surface area contributed by atoms with Crippen LogP contribution in [0.5, 0.6) is 0 Å². The van der Waals surface area contributed by atoms with Crippen molar-refractivity contribution in [2.45, 2.75) is 26.2 Å². The Morgan fingerprint density at radius 3 is 2.67 bits per heavy atom. The van der Waals surface area contributed by atoms with E-state index in [4.69, 9.17) is 11.6 Å². The maximum Gasteiger partial charge on any atom is 0.165 e. The average molecular weight is 266 g/mol. The van der Waals surface area contributed by atoms with Gasteiger partial charge in [-0.15, -0.1) is 0 Å². The van der Waals surface area contributed by atoms with Gasteiger partial charge in [0.1, 0.15) is 0 Å². The van der Waals surface area contributed by atoms with Crippen LogP contribution >= 0.6 is 11.6 Å². The number of rotatable bonds is 4. The highest BCUT2D eigenvalue weighted by atomic mass is 35.5. The second-order valence-electron chi connectivity index (χ2n) is 5.18. The number of Topliss-reactive ketones (excluding diaryl/α,β-unsaturated/α-hetero) is 1. The number of ketones is 1. The Morgan fingerprint density at radius 2 is 2.00 bits per heavy atom. The molecule has 1 aromatic carbocycles. The molecule has 98 valence electrons. The van der Waals surface area contributed by atoms with Crippen LogP contribution in [0.15, 0.2) is 24.3 Å². The second-order valence-corrected chi connectivity index (χ2v) is 5.58. The summed E-state index contributed by atoms with van der Waals surface area (Å²) < 4.78 is 0. The van der Waals surface area contributed by atoms with Crippen molar-refractivity contribution >= 4 is 17.4 Å². The summed E-state index contributed by atoms with van der Waals surface area (Å²) in [5.74, 6) is 0.986. The third-order valence-corrected chi connectivity index (χ3v) is 4.04. The molecule has 2 nitrogen and oxygen atoms in total. The van der Waals surface area contributed by atoms with Crippen molar-refractivity contribution < 1.29 is 4.79 Å². The Kier molecular flexibility index (Phi) is 4.79. The third-order valence-electron chi connectivity index (χ3n) is 3.71. The Bertz CT molecular complexity index is 411. The molecule has 0 aliphatic carbocycles. The number of hydrogen-bond donors (Lipinski definition) is 0. The standard InChI is InChI=1S/C15H20ClNO/c1-12-6-9-17(10-7-12)11-8-15(18)13-4-2-3-5-14(13)16/h2-5,12H,6-11H2,1H3. The molecule has 3 heteroatoms. The lowest BCUT2D eigenvalue weighted by molar-refractivity contribution is 0.0953. The molecule has 1 aliphatic heterocycles. The maximum atomic E-state index is 12.1. The van der Waals surface area contributed by atoms with Gasteiger partial charge >= 0.3 is 0 Å². The highest BCUT2D eigenvalue weighted by Crippen LogP contribution is 2.19. The number of piperidine rings is 1. The molecule has 1 aromatic rings. The molecule has 2 rings (SSSR count). The van der Waals surface area contributed by atoms with Gasteiger partial charge in [0, 0.05) is 18.5 Å². The summed E-state index contributed by atoms with van der Waals surface area (Å²) in [6.45, 7) is 5.40. The second kappa shape index (κ2) is 6.35. The van der Waals surface area contributed by atoms with E-state index in [9.17, 15) is 4.79 Å². The monoisotopic (exact) mass is 265 g/mol. The van der Waals surface area contributed by atoms with Crippen LogP contribution in [0.25, 0.3) is 0 Å². The molecule has 0 N–H and O–H groups in total. The van der Waals surface area contributed by atoms with Gasteiger partial charge in [0.05, 0.1) is 5.02 Å². The van der Waals surface area contributed by atoms with Gasteiger partial charge in [0.2, 0.25) is 0 Å². The molecule has 0 saturated carbocycles. The molecule has 0 atom stereocenters. The van der Waals surface area contributed by atoms with Crippen molar-refractivity contribution in [1.29, 1.82) is 0 Å². The van der Waals surface area contributed by atoms with Crippen molar-refractivity contribution in [2.24, 2.45) is 5.92 Å². The Morgan fingerprint density at radius 1 is 1.33 bits per heavy atom. The smallest absolute Gasteiger partial charge is 0.165 e. The van der Waals surface area contributed by atoms with Gasteiger partial charge in [-0.1, -0.05) is 30.7 Å². The van der Waals surface area contributed by atoms with E-state index in [1.54, 1.807) is 6.07 Å². The van der Waals surface area contributed by atoms with Crippen LogP contribution < -0.4 is 0 Å². The molecule has 1 saturated heterocycles. The molecular formula is C15H20ClNO. The lowest BCUT2D eigenvalue weighted by Gasteiger charge is -2.29. The minimum atomic E-state index is 0.152. The van der Waals surface area contributed by atoms with Gasteiger partial charge in [-0.25, -0.2) is 0 Å². The first-order valence-electron chi connectivity index (χ1n) is 6.67. The minimum Gasteiger partial charge on any atom is -0.303 e. The summed E-state index contributed by atoms with van der Waals surface area (Å²) in [5, 5.41) is 0.565. The van der Waals surface area contributed by atoms with E-state index in [2.05, 4.69) is 11.8 Å². The molecule has 0 unspecified atom stereocenters. The molecule has 0 amide bonds. The maximum absolute atomic E-state index is 12.1. The van der Waals surface area contributed by atoms with E-state index >= 15 is 0 Å². The van der Waals surface area contributed by atoms with Crippen molar-refractivity contribution in [3.8, 4) is 0 Å². The van der Waals surface area contributed by atoms with Gasteiger partial charge in [0.25, 0.3) is 0 Å². The van der Waals surface area contributed by atoms with Crippen molar-refractivity contribution in [3.05, 3.63) is 34.9 Å². The Labute approximate surface area is 114 Å². The summed E-state index contributed by atoms with van der Waals surface area (Å²) in [6, 6.07) is 7.30. The summed E-state index contributed by atoms with van der Waals surface area (Å²) in [7, 11) is 0. The normalized spacial score (nSPS) is 17.9. The largest absolute Gasteiger partial charge is 0.303 e. The van der Waals surface area contributed by atoms with Crippen LogP contribution in [0.4, 0.5) is 0 Å². The molecule has 0 bridgehead atoms. The predicted octanol–water partition coefficient (Wildman–Crippen LogP) is 3.64. The minimum absolute atomic E-state index is 0.152. The summed E-state index contributed by atoms with van der Waals surface area (Å²) in [5.41, 5.74) is 0.657. The number of carbonyl (C=O) groups is 1. The number of halogens is 1. The topological polar surface area (TPSA) is 20.3 Å². The first kappa shape index (κ1) is 13.6. The molecule has 0 radical (unpaired) electrons. The van der Waals surface area contributed by atoms with E-state index in [1.807, 2.05) is 18.2 Å². The number of benzene rings is 1. The summed E-state index contributed by atoms with van der Waals surface area (Å²) in [6.07, 6.45) is 3.07. The van der Waals surface area contributed by atoms with Gasteiger partial charge < -0.3 is 4.90 Å². The Hall–Kier alpha value is -0.860. The number of carbonyl (C=O) groups excluding carboxylic acids is 1. The highest BCUT2D eigenvalue weighted by molar-refractivity contribution is 6.33. The molecular weight excluding hydrogens is 246 g/mol. The van der Waals surface area contributed by atoms with Crippen molar-refractivity contribution in [1.82, 2.24) is 4.90 Å². The van der Waals surface area contributed by atoms with E-state index in [1.165, 1.54) is 12.8 Å². The average Bonchev–Trinajstić information content (AvgIpc) is 2.38. The van der Waals surface area contributed by atoms with Crippen molar-refractivity contribution in [3.63, 3.8) is 0 Å². The zero-order chi connectivity index (χ0) is 13.0. The predicted molar refractivity (Wildman–Crippen MR) is 75.2 cm³/mol. The van der Waals surface area contributed by atoms with Crippen LogP contribution in [0.3, 0.4) is 0 Å². The molecule has 0 aromatic heterocycles. The summed E-state index contributed by atoms with van der Waals surface area (Å²) >= 11 is 6.03. The highest BCUT2D eigenvalue weighted by Gasteiger charge is 2.17. The third kappa shape index (κ3) is 3.56. The first-order chi connectivity index (χ1) is 8.66. The first-order valence-corrected chi connectivity index (χ1v) is 7.04. The zero-order valence-electron chi connectivity index (χ0n) is 10.9. The van der Waals surface area contributed by atoms with E-state index in [0.717, 1.165) is 25.6 Å². The van der Waals surface area contributed by atoms with Crippen molar-refractivity contribution in [2.75, 3.05) is 19.6 Å². The molecule has 1 heterocycles. The van der Waals surface area contributed by atoms with Gasteiger partial charge in [-0.2, -0.15) is 0 Å². The SMILES string of the molecule is CC1CCN(CCC(=O)c2ccccc2Cl)CC1. The fourth-order valence-electron chi connectivity index (χ4n) is 2.37. The zero-order valence-corrected chi connectivity index (χ0v) is 11.6. The van der Waals surface area contributed by atoms with E-state index in [0.29, 0.717) is 17.0 Å². The van der Waals surface area contributed by atoms with Crippen LogP contribution in [0.1, 0.15) is 36.5 Å². The molecule has 18 heavy (non-hydrogen) atoms. The van der Waals surface area contributed by atoms with Crippen LogP contribution in [0, 0.1) is 5.92 Å². The number of nitrogens with zero attached hydrogens (tertiary/aromatic N) is 1. The molecule has 0 spiro atoms. The van der Waals surface area contributed by atoms with Gasteiger partial charge in [-0.3, -0.25) is 4.79 Å². The fourth-order valence-corrected chi connectivity index (χ4v) is 2.61. The lowest BCUT2D eigenvalue weighted by atomic mass is 9.99. The fraction of sp³-hybridized carbons (Fsp3) is 0.533. The quantitative estimate of drug-likeness (QED) is 0.775. The van der Waals surface area contributed by atoms with Gasteiger partial charge in [0.15, 0.2) is 5.78 Å². The number of likely N-dealkylation sites (tertiary alicyclic amines) is 1. The number of hydrogen-bond acceptors (Lipinski definition) is 2. The van der Waals surface area contributed by atoms with Crippen LogP contribution in [-0.2, 0) is 0 Å². The summed E-state index contributed by atoms with van der Waals surface area (Å²) in [4.78, 5) is 14.4. The molecule has 1 fully saturated rings. The Balaban J connectivity index is 1.84. The van der Waals surface area contributed by atoms with Gasteiger partial charge in [-0.05, 0) is 44.0 Å². The van der Waals surface area contributed by atoms with E-state index in [-0.39, 0.29) is 5.78 Å². The van der Waals surface area contributed by atoms with Crippen LogP contribution in [0.2, 0.25) is 5.02 Å². The molecule has 1 aliphatic rings.